The van der Waals surface area contributed by atoms with E-state index in [1.165, 1.54) is 12.0 Å². The fourth-order valence-electron chi connectivity index (χ4n) is 3.56. The Bertz CT molecular complexity index is 863. The number of hydrogen-bond donors (Lipinski definition) is 1. The van der Waals surface area contributed by atoms with Crippen LogP contribution in [0.5, 0.6) is 0 Å². The number of aromatic nitrogens is 1. The van der Waals surface area contributed by atoms with Gasteiger partial charge in [-0.2, -0.15) is 0 Å². The Morgan fingerprint density at radius 2 is 2.12 bits per heavy atom. The number of thiophene rings is 1. The summed E-state index contributed by atoms with van der Waals surface area (Å²) >= 11 is 1.69. The maximum absolute atomic E-state index is 12.8. The van der Waals surface area contributed by atoms with Crippen molar-refractivity contribution in [1.29, 1.82) is 0 Å². The molecule has 1 saturated heterocycles. The van der Waals surface area contributed by atoms with E-state index < -0.39 is 0 Å². The molecule has 4 nitrogen and oxygen atoms in total. The largest absolute Gasteiger partial charge is 0.376 e. The summed E-state index contributed by atoms with van der Waals surface area (Å²) in [5.41, 5.74) is 1.98. The number of carbonyl (C=O) groups is 1. The Labute approximate surface area is 157 Å². The van der Waals surface area contributed by atoms with Crippen LogP contribution in [0.15, 0.2) is 47.8 Å². The maximum Gasteiger partial charge on any atom is 0.267 e. The van der Waals surface area contributed by atoms with Gasteiger partial charge in [0.1, 0.15) is 10.5 Å². The molecule has 0 unspecified atom stereocenters. The Morgan fingerprint density at radius 3 is 2.92 bits per heavy atom. The summed E-state index contributed by atoms with van der Waals surface area (Å²) < 4.78 is 8.05. The molecule has 136 valence electrons. The predicted octanol–water partition coefficient (Wildman–Crippen LogP) is 4.24. The quantitative estimate of drug-likeness (QED) is 0.707. The lowest BCUT2D eigenvalue weighted by Crippen LogP contribution is -2.30. The average Bonchev–Trinajstić information content (AvgIpc) is 3.26. The predicted molar refractivity (Wildman–Crippen MR) is 106 cm³/mol. The van der Waals surface area contributed by atoms with Crippen molar-refractivity contribution in [1.82, 2.24) is 9.88 Å². The highest BCUT2D eigenvalue weighted by Gasteiger charge is 2.21. The monoisotopic (exact) mass is 368 g/mol. The highest BCUT2D eigenvalue weighted by Crippen LogP contribution is 2.27. The second kappa shape index (κ2) is 8.06. The zero-order valence-corrected chi connectivity index (χ0v) is 15.6. The molecule has 2 aromatic heterocycles. The Balaban J connectivity index is 1.46. The zero-order valence-electron chi connectivity index (χ0n) is 14.8. The average molecular weight is 369 g/mol. The van der Waals surface area contributed by atoms with E-state index in [0.717, 1.165) is 48.3 Å². The van der Waals surface area contributed by atoms with Crippen LogP contribution >= 0.6 is 11.3 Å². The van der Waals surface area contributed by atoms with Crippen LogP contribution in [0.3, 0.4) is 0 Å². The standard InChI is InChI=1S/C21H24N2O2S/c24-20(22-11-9-16-6-2-1-3-7-16)19-14-17-10-13-26-21(17)23(19)15-18-8-4-5-12-25-18/h1-3,6-7,10,13-14,18H,4-5,8-9,11-12,15H2,(H,22,24)/t18-/m1/s1. The van der Waals surface area contributed by atoms with Crippen LogP contribution in [0, 0.1) is 0 Å². The molecule has 1 aliphatic heterocycles. The molecular weight excluding hydrogens is 344 g/mol. The van der Waals surface area contributed by atoms with Gasteiger partial charge in [0.25, 0.3) is 5.91 Å². The van der Waals surface area contributed by atoms with E-state index in [1.54, 1.807) is 11.3 Å². The molecule has 0 saturated carbocycles. The van der Waals surface area contributed by atoms with Crippen molar-refractivity contribution in [2.24, 2.45) is 0 Å². The van der Waals surface area contributed by atoms with Crippen molar-refractivity contribution in [3.05, 3.63) is 59.1 Å². The number of rotatable bonds is 6. The highest BCUT2D eigenvalue weighted by molar-refractivity contribution is 7.16. The minimum atomic E-state index is 0.000130. The lowest BCUT2D eigenvalue weighted by Gasteiger charge is -2.24. The molecule has 3 heterocycles. The first-order valence-corrected chi connectivity index (χ1v) is 10.2. The smallest absolute Gasteiger partial charge is 0.267 e. The number of nitrogens with zero attached hydrogens (tertiary/aromatic N) is 1. The minimum Gasteiger partial charge on any atom is -0.376 e. The Morgan fingerprint density at radius 1 is 1.23 bits per heavy atom. The molecule has 0 bridgehead atoms. The van der Waals surface area contributed by atoms with Gasteiger partial charge in [0.05, 0.1) is 12.6 Å². The molecule has 26 heavy (non-hydrogen) atoms. The first kappa shape index (κ1) is 17.3. The molecule has 5 heteroatoms. The van der Waals surface area contributed by atoms with E-state index in [2.05, 4.69) is 33.5 Å². The van der Waals surface area contributed by atoms with Crippen LogP contribution in [0.25, 0.3) is 10.2 Å². The van der Waals surface area contributed by atoms with Crippen molar-refractivity contribution in [3.8, 4) is 0 Å². The molecule has 0 spiro atoms. The van der Waals surface area contributed by atoms with Gasteiger partial charge < -0.3 is 14.6 Å². The first-order chi connectivity index (χ1) is 12.8. The SMILES string of the molecule is O=C(NCCc1ccccc1)c1cc2ccsc2n1C[C@H]1CCCCO1. The molecule has 0 aliphatic carbocycles. The van der Waals surface area contributed by atoms with Gasteiger partial charge in [-0.05, 0) is 48.8 Å². The Hall–Kier alpha value is -2.11. The first-order valence-electron chi connectivity index (χ1n) is 9.32. The lowest BCUT2D eigenvalue weighted by atomic mass is 10.1. The van der Waals surface area contributed by atoms with Crippen molar-refractivity contribution >= 4 is 27.5 Å². The summed E-state index contributed by atoms with van der Waals surface area (Å²) in [6.07, 6.45) is 4.46. The van der Waals surface area contributed by atoms with E-state index >= 15 is 0 Å². The second-order valence-electron chi connectivity index (χ2n) is 6.80. The van der Waals surface area contributed by atoms with Crippen molar-refractivity contribution in [2.75, 3.05) is 13.2 Å². The van der Waals surface area contributed by atoms with Gasteiger partial charge in [-0.15, -0.1) is 11.3 Å². The molecule has 3 aromatic rings. The van der Waals surface area contributed by atoms with Crippen LogP contribution < -0.4 is 5.32 Å². The number of fused-ring (bicyclic) bond motifs is 1. The van der Waals surface area contributed by atoms with Gasteiger partial charge in [0.2, 0.25) is 0 Å². The van der Waals surface area contributed by atoms with Crippen LogP contribution in [0.2, 0.25) is 0 Å². The maximum atomic E-state index is 12.8. The van der Waals surface area contributed by atoms with Crippen molar-refractivity contribution < 1.29 is 9.53 Å². The van der Waals surface area contributed by atoms with Gasteiger partial charge in [-0.25, -0.2) is 0 Å². The second-order valence-corrected chi connectivity index (χ2v) is 7.70. The van der Waals surface area contributed by atoms with E-state index in [0.29, 0.717) is 6.54 Å². The Kier molecular flexibility index (Phi) is 5.37. The number of benzene rings is 1. The van der Waals surface area contributed by atoms with Gasteiger partial charge in [-0.3, -0.25) is 4.79 Å². The summed E-state index contributed by atoms with van der Waals surface area (Å²) in [6, 6.07) is 14.3. The van der Waals surface area contributed by atoms with E-state index in [1.807, 2.05) is 24.3 Å². The molecule has 1 fully saturated rings. The third kappa shape index (κ3) is 3.84. The summed E-state index contributed by atoms with van der Waals surface area (Å²) in [5.74, 6) is 0.000130. The van der Waals surface area contributed by atoms with Gasteiger partial charge >= 0.3 is 0 Å². The minimum absolute atomic E-state index is 0.000130. The van der Waals surface area contributed by atoms with E-state index in [4.69, 9.17) is 4.74 Å². The van der Waals surface area contributed by atoms with Gasteiger partial charge in [-0.1, -0.05) is 30.3 Å². The fourth-order valence-corrected chi connectivity index (χ4v) is 4.46. The van der Waals surface area contributed by atoms with Crippen molar-refractivity contribution in [2.45, 2.75) is 38.3 Å². The van der Waals surface area contributed by atoms with Crippen molar-refractivity contribution in [3.63, 3.8) is 0 Å². The van der Waals surface area contributed by atoms with Crippen LogP contribution in [0.4, 0.5) is 0 Å². The summed E-state index contributed by atoms with van der Waals surface area (Å²) in [6.45, 7) is 2.23. The summed E-state index contributed by atoms with van der Waals surface area (Å²) in [5, 5.41) is 6.30. The molecule has 1 atom stereocenters. The molecule has 1 amide bonds. The fraction of sp³-hybridized carbons (Fsp3) is 0.381. The van der Waals surface area contributed by atoms with Crippen LogP contribution in [0.1, 0.15) is 35.3 Å². The summed E-state index contributed by atoms with van der Waals surface area (Å²) in [7, 11) is 0. The topological polar surface area (TPSA) is 43.3 Å². The van der Waals surface area contributed by atoms with E-state index in [-0.39, 0.29) is 12.0 Å². The van der Waals surface area contributed by atoms with Crippen LogP contribution in [-0.4, -0.2) is 29.7 Å². The lowest BCUT2D eigenvalue weighted by molar-refractivity contribution is 0.00645. The number of ether oxygens (including phenoxy) is 1. The number of carbonyl (C=O) groups excluding carboxylic acids is 1. The molecule has 1 N–H and O–H groups in total. The number of nitrogens with one attached hydrogen (secondary N) is 1. The third-order valence-electron chi connectivity index (χ3n) is 4.94. The molecule has 1 aliphatic rings. The molecule has 1 aromatic carbocycles. The molecule has 4 rings (SSSR count). The molecule has 0 radical (unpaired) electrons. The van der Waals surface area contributed by atoms with E-state index in [9.17, 15) is 4.79 Å². The normalized spacial score (nSPS) is 17.5. The highest BCUT2D eigenvalue weighted by atomic mass is 32.1. The number of hydrogen-bond acceptors (Lipinski definition) is 3. The van der Waals surface area contributed by atoms with Gasteiger partial charge in [0.15, 0.2) is 0 Å². The molecular formula is C21H24N2O2S. The zero-order chi connectivity index (χ0) is 17.8. The van der Waals surface area contributed by atoms with Crippen LogP contribution in [-0.2, 0) is 17.7 Å². The number of amides is 1. The summed E-state index contributed by atoms with van der Waals surface area (Å²) in [4.78, 5) is 14.0. The van der Waals surface area contributed by atoms with Gasteiger partial charge in [0, 0.05) is 18.5 Å². The third-order valence-corrected chi connectivity index (χ3v) is 5.89.